The van der Waals surface area contributed by atoms with Crippen LogP contribution in [0.5, 0.6) is 0 Å². The molecule has 1 saturated carbocycles. The van der Waals surface area contributed by atoms with Crippen molar-refractivity contribution in [1.82, 2.24) is 0 Å². The second kappa shape index (κ2) is 4.32. The lowest BCUT2D eigenvalue weighted by Crippen LogP contribution is -2.41. The molecule has 1 aromatic rings. The number of rotatable bonds is 2. The molecule has 22 heavy (non-hydrogen) atoms. The Balaban J connectivity index is 1.96. The van der Waals surface area contributed by atoms with Gasteiger partial charge in [0.1, 0.15) is 0 Å². The second-order valence-corrected chi connectivity index (χ2v) is 7.93. The Morgan fingerprint density at radius 2 is 1.45 bits per heavy atom. The number of aryl methyl sites for hydroxylation is 1. The first-order chi connectivity index (χ1) is 9.88. The lowest BCUT2D eigenvalue weighted by atomic mass is 9.76. The minimum Gasteiger partial charge on any atom is -0.399 e. The fourth-order valence-corrected chi connectivity index (χ4v) is 2.96. The maximum atomic E-state index is 13.7. The molecule has 2 nitrogen and oxygen atoms in total. The average molecular weight is 308 g/mol. The van der Waals surface area contributed by atoms with Crippen molar-refractivity contribution >= 4 is 12.6 Å². The Kier molecular flexibility index (Phi) is 3.13. The number of hydrogen-bond acceptors (Lipinski definition) is 2. The molecule has 1 saturated heterocycles. The summed E-state index contributed by atoms with van der Waals surface area (Å²) in [5.74, 6) is -2.62. The molecule has 0 radical (unpaired) electrons. The zero-order chi connectivity index (χ0) is 16.6. The van der Waals surface area contributed by atoms with E-state index < -0.39 is 29.7 Å². The van der Waals surface area contributed by atoms with E-state index in [-0.39, 0.29) is 6.42 Å². The molecule has 120 valence electrons. The monoisotopic (exact) mass is 308 g/mol. The molecule has 1 aromatic carbocycles. The third-order valence-corrected chi connectivity index (χ3v) is 5.52. The van der Waals surface area contributed by atoms with Gasteiger partial charge in [0.15, 0.2) is 0 Å². The van der Waals surface area contributed by atoms with Gasteiger partial charge in [-0.3, -0.25) is 0 Å². The van der Waals surface area contributed by atoms with Crippen LogP contribution >= 0.6 is 0 Å². The van der Waals surface area contributed by atoms with Crippen molar-refractivity contribution in [3.05, 3.63) is 29.3 Å². The normalized spacial score (nSPS) is 31.4. The van der Waals surface area contributed by atoms with Gasteiger partial charge in [0.25, 0.3) is 5.92 Å². The van der Waals surface area contributed by atoms with Crippen LogP contribution in [0.4, 0.5) is 8.78 Å². The van der Waals surface area contributed by atoms with Crippen molar-refractivity contribution in [3.8, 4) is 0 Å². The van der Waals surface area contributed by atoms with Crippen molar-refractivity contribution in [3.63, 3.8) is 0 Å². The number of alkyl halides is 2. The molecule has 3 rings (SSSR count). The first-order valence-corrected chi connectivity index (χ1v) is 7.74. The highest BCUT2D eigenvalue weighted by Gasteiger charge is 2.68. The van der Waals surface area contributed by atoms with E-state index in [1.54, 1.807) is 6.92 Å². The number of benzene rings is 1. The van der Waals surface area contributed by atoms with Crippen LogP contribution in [0.1, 0.15) is 52.2 Å². The summed E-state index contributed by atoms with van der Waals surface area (Å²) in [5, 5.41) is 0. The summed E-state index contributed by atoms with van der Waals surface area (Å²) in [6.45, 7) is 11.5. The van der Waals surface area contributed by atoms with Gasteiger partial charge >= 0.3 is 7.12 Å². The highest BCUT2D eigenvalue weighted by atomic mass is 19.3. The number of hydrogen-bond donors (Lipinski definition) is 0. The Hall–Kier alpha value is -0.935. The Bertz CT molecular complexity index is 611. The summed E-state index contributed by atoms with van der Waals surface area (Å²) >= 11 is 0. The van der Waals surface area contributed by atoms with Crippen molar-refractivity contribution in [2.75, 3.05) is 0 Å². The summed E-state index contributed by atoms with van der Waals surface area (Å²) in [7, 11) is -0.514. The largest absolute Gasteiger partial charge is 0.494 e. The number of halogens is 2. The molecule has 0 aromatic heterocycles. The molecule has 2 aliphatic rings. The van der Waals surface area contributed by atoms with E-state index in [4.69, 9.17) is 9.31 Å². The van der Waals surface area contributed by atoms with Crippen LogP contribution in [0.25, 0.3) is 0 Å². The van der Waals surface area contributed by atoms with E-state index in [0.29, 0.717) is 5.56 Å². The first-order valence-electron chi connectivity index (χ1n) is 7.74. The van der Waals surface area contributed by atoms with Crippen LogP contribution in [-0.4, -0.2) is 24.2 Å². The second-order valence-electron chi connectivity index (χ2n) is 7.93. The van der Waals surface area contributed by atoms with Gasteiger partial charge in [-0.15, -0.1) is 0 Å². The van der Waals surface area contributed by atoms with E-state index in [1.807, 2.05) is 52.8 Å². The molecule has 2 fully saturated rings. The molecule has 1 unspecified atom stereocenters. The highest BCUT2D eigenvalue weighted by molar-refractivity contribution is 6.62. The molecule has 0 bridgehead atoms. The van der Waals surface area contributed by atoms with E-state index in [1.165, 1.54) is 0 Å². The van der Waals surface area contributed by atoms with Gasteiger partial charge in [-0.1, -0.05) is 23.8 Å². The van der Waals surface area contributed by atoms with E-state index in [0.717, 1.165) is 11.0 Å². The van der Waals surface area contributed by atoms with Crippen LogP contribution in [-0.2, 0) is 14.7 Å². The zero-order valence-electron chi connectivity index (χ0n) is 14.1. The third-order valence-electron chi connectivity index (χ3n) is 5.52. The van der Waals surface area contributed by atoms with Gasteiger partial charge in [-0.25, -0.2) is 8.78 Å². The standard InChI is InChI=1S/C17H23BF2O2/c1-11-7-12(16(6)10-17(16,19)20)9-13(8-11)18-21-14(2,3)15(4,5)22-18/h7-9H,10H2,1-6H3. The van der Waals surface area contributed by atoms with Crippen molar-refractivity contribution in [2.24, 2.45) is 0 Å². The van der Waals surface area contributed by atoms with Gasteiger partial charge < -0.3 is 9.31 Å². The molecule has 1 heterocycles. The molecular weight excluding hydrogens is 285 g/mol. The van der Waals surface area contributed by atoms with Crippen LogP contribution in [0.3, 0.4) is 0 Å². The smallest absolute Gasteiger partial charge is 0.399 e. The minimum absolute atomic E-state index is 0.0910. The minimum atomic E-state index is -2.62. The molecule has 1 atom stereocenters. The molecule has 0 amide bonds. The van der Waals surface area contributed by atoms with Gasteiger partial charge in [0, 0.05) is 6.42 Å². The van der Waals surface area contributed by atoms with Crippen LogP contribution in [0, 0.1) is 6.92 Å². The van der Waals surface area contributed by atoms with Gasteiger partial charge in [0.2, 0.25) is 0 Å². The molecule has 1 aliphatic heterocycles. The highest BCUT2D eigenvalue weighted by Crippen LogP contribution is 2.61. The Morgan fingerprint density at radius 1 is 0.955 bits per heavy atom. The van der Waals surface area contributed by atoms with Crippen molar-refractivity contribution in [1.29, 1.82) is 0 Å². The SMILES string of the molecule is Cc1cc(B2OC(C)(C)C(C)(C)O2)cc(C2(C)CC2(F)F)c1. The summed E-state index contributed by atoms with van der Waals surface area (Å²) < 4.78 is 39.5. The maximum Gasteiger partial charge on any atom is 0.494 e. The summed E-state index contributed by atoms with van der Waals surface area (Å²) in [4.78, 5) is 0. The fraction of sp³-hybridized carbons (Fsp3) is 0.647. The third kappa shape index (κ3) is 2.21. The Morgan fingerprint density at radius 3 is 1.91 bits per heavy atom. The molecule has 0 spiro atoms. The molecular formula is C17H23BF2O2. The van der Waals surface area contributed by atoms with Gasteiger partial charge in [-0.2, -0.15) is 0 Å². The Labute approximate surface area is 131 Å². The maximum absolute atomic E-state index is 13.7. The molecule has 5 heteroatoms. The molecule has 1 aliphatic carbocycles. The summed E-state index contributed by atoms with van der Waals surface area (Å²) in [6, 6.07) is 5.61. The fourth-order valence-electron chi connectivity index (χ4n) is 2.96. The lowest BCUT2D eigenvalue weighted by Gasteiger charge is -2.32. The molecule has 0 N–H and O–H groups in total. The quantitative estimate of drug-likeness (QED) is 0.777. The first kappa shape index (κ1) is 15.9. The summed E-state index contributed by atoms with van der Waals surface area (Å²) in [6.07, 6.45) is -0.0910. The average Bonchev–Trinajstić information content (AvgIpc) is 2.77. The van der Waals surface area contributed by atoms with Crippen LogP contribution < -0.4 is 5.46 Å². The topological polar surface area (TPSA) is 18.5 Å². The van der Waals surface area contributed by atoms with E-state index in [2.05, 4.69) is 0 Å². The van der Waals surface area contributed by atoms with E-state index >= 15 is 0 Å². The zero-order valence-corrected chi connectivity index (χ0v) is 14.1. The van der Waals surface area contributed by atoms with Gasteiger partial charge in [0.05, 0.1) is 16.6 Å². The van der Waals surface area contributed by atoms with Crippen LogP contribution in [0.2, 0.25) is 0 Å². The predicted octanol–water partition coefficient (Wildman–Crippen LogP) is 3.59. The van der Waals surface area contributed by atoms with Crippen molar-refractivity contribution in [2.45, 2.75) is 70.5 Å². The predicted molar refractivity (Wildman–Crippen MR) is 83.8 cm³/mol. The van der Waals surface area contributed by atoms with Crippen molar-refractivity contribution < 1.29 is 18.1 Å². The van der Waals surface area contributed by atoms with Crippen LogP contribution in [0.15, 0.2) is 18.2 Å². The van der Waals surface area contributed by atoms with Gasteiger partial charge in [-0.05, 0) is 52.6 Å². The summed E-state index contributed by atoms with van der Waals surface area (Å²) in [5.41, 5.74) is 0.507. The van der Waals surface area contributed by atoms with E-state index in [9.17, 15) is 8.78 Å². The lowest BCUT2D eigenvalue weighted by molar-refractivity contribution is 0.00578.